The van der Waals surface area contributed by atoms with Crippen LogP contribution in [0.1, 0.15) is 20.3 Å². The van der Waals surface area contributed by atoms with E-state index in [0.717, 1.165) is 0 Å². The van der Waals surface area contributed by atoms with Crippen LogP contribution in [0.5, 0.6) is 5.75 Å². The van der Waals surface area contributed by atoms with Crippen molar-refractivity contribution >= 4 is 17.6 Å². The van der Waals surface area contributed by atoms with Crippen molar-refractivity contribution in [1.29, 1.82) is 0 Å². The predicted molar refractivity (Wildman–Crippen MR) is 74.3 cm³/mol. The number of rotatable bonds is 8. The fourth-order valence-corrected chi connectivity index (χ4v) is 1.84. The number of nitrogens with zero attached hydrogens (tertiary/aromatic N) is 1. The summed E-state index contributed by atoms with van der Waals surface area (Å²) in [5, 5.41) is 18.0. The molecule has 0 aromatic heterocycles. The molecule has 0 aliphatic carbocycles. The standard InChI is InChI=1S/C14H19NO5/c1-3-20-12-7-5-4-6-11(12)15(9-8-13(16)17)10(2)14(18)19/h4-7,10H,3,8-9H2,1-2H3,(H,16,17)(H,18,19). The van der Waals surface area contributed by atoms with Gasteiger partial charge in [-0.15, -0.1) is 0 Å². The van der Waals surface area contributed by atoms with Crippen molar-refractivity contribution in [3.05, 3.63) is 24.3 Å². The van der Waals surface area contributed by atoms with Crippen LogP contribution in [-0.4, -0.2) is 41.3 Å². The Kier molecular flexibility index (Phi) is 5.83. The zero-order valence-electron chi connectivity index (χ0n) is 11.6. The van der Waals surface area contributed by atoms with E-state index >= 15 is 0 Å². The van der Waals surface area contributed by atoms with Gasteiger partial charge in [0.15, 0.2) is 0 Å². The minimum Gasteiger partial charge on any atom is -0.492 e. The molecule has 0 fully saturated rings. The molecule has 1 aromatic rings. The lowest BCUT2D eigenvalue weighted by Gasteiger charge is -2.29. The molecular formula is C14H19NO5. The fraction of sp³-hybridized carbons (Fsp3) is 0.429. The maximum absolute atomic E-state index is 11.2. The van der Waals surface area contributed by atoms with Gasteiger partial charge in [-0.2, -0.15) is 0 Å². The van der Waals surface area contributed by atoms with E-state index in [4.69, 9.17) is 14.9 Å². The van der Waals surface area contributed by atoms with Crippen molar-refractivity contribution in [2.75, 3.05) is 18.1 Å². The highest BCUT2D eigenvalue weighted by molar-refractivity contribution is 5.79. The van der Waals surface area contributed by atoms with Crippen LogP contribution in [0.15, 0.2) is 24.3 Å². The van der Waals surface area contributed by atoms with Crippen LogP contribution in [0.2, 0.25) is 0 Å². The Morgan fingerprint density at radius 2 is 1.95 bits per heavy atom. The third kappa shape index (κ3) is 4.15. The van der Waals surface area contributed by atoms with E-state index in [1.807, 2.05) is 6.92 Å². The van der Waals surface area contributed by atoms with Crippen LogP contribution in [0.25, 0.3) is 0 Å². The molecule has 20 heavy (non-hydrogen) atoms. The van der Waals surface area contributed by atoms with Crippen LogP contribution in [0.3, 0.4) is 0 Å². The Morgan fingerprint density at radius 3 is 2.50 bits per heavy atom. The molecule has 1 unspecified atom stereocenters. The molecule has 0 aliphatic rings. The highest BCUT2D eigenvalue weighted by Gasteiger charge is 2.24. The minimum atomic E-state index is -1.01. The zero-order chi connectivity index (χ0) is 15.1. The maximum Gasteiger partial charge on any atom is 0.326 e. The predicted octanol–water partition coefficient (Wildman–Crippen LogP) is 1.84. The molecule has 6 nitrogen and oxygen atoms in total. The second-order valence-electron chi connectivity index (χ2n) is 4.25. The first-order chi connectivity index (χ1) is 9.47. The third-order valence-corrected chi connectivity index (χ3v) is 2.87. The first kappa shape index (κ1) is 15.8. The van der Waals surface area contributed by atoms with Gasteiger partial charge in [0.25, 0.3) is 0 Å². The minimum absolute atomic E-state index is 0.104. The number of carboxylic acid groups (broad SMARTS) is 2. The summed E-state index contributed by atoms with van der Waals surface area (Å²) >= 11 is 0. The second-order valence-corrected chi connectivity index (χ2v) is 4.25. The molecule has 0 spiro atoms. The number of anilines is 1. The molecule has 0 heterocycles. The van der Waals surface area contributed by atoms with Crippen molar-refractivity contribution in [3.63, 3.8) is 0 Å². The average Bonchev–Trinajstić information content (AvgIpc) is 2.40. The Morgan fingerprint density at radius 1 is 1.30 bits per heavy atom. The normalized spacial score (nSPS) is 11.7. The molecule has 1 rings (SSSR count). The Bertz CT molecular complexity index is 474. The van der Waals surface area contributed by atoms with E-state index in [2.05, 4.69) is 0 Å². The Labute approximate surface area is 117 Å². The molecule has 6 heteroatoms. The first-order valence-corrected chi connectivity index (χ1v) is 6.40. The number of para-hydroxylation sites is 2. The summed E-state index contributed by atoms with van der Waals surface area (Å²) in [6.45, 7) is 3.91. The lowest BCUT2D eigenvalue weighted by Crippen LogP contribution is -2.40. The van der Waals surface area contributed by atoms with Crippen molar-refractivity contribution in [2.45, 2.75) is 26.3 Å². The van der Waals surface area contributed by atoms with E-state index in [9.17, 15) is 9.59 Å². The van der Waals surface area contributed by atoms with Gasteiger partial charge in [-0.25, -0.2) is 4.79 Å². The van der Waals surface area contributed by atoms with Crippen molar-refractivity contribution in [1.82, 2.24) is 0 Å². The van der Waals surface area contributed by atoms with Crippen LogP contribution in [0.4, 0.5) is 5.69 Å². The van der Waals surface area contributed by atoms with E-state index < -0.39 is 18.0 Å². The third-order valence-electron chi connectivity index (χ3n) is 2.87. The quantitative estimate of drug-likeness (QED) is 0.756. The van der Waals surface area contributed by atoms with E-state index in [1.165, 1.54) is 11.8 Å². The van der Waals surface area contributed by atoms with Crippen LogP contribution in [0, 0.1) is 0 Å². The Hall–Kier alpha value is -2.24. The van der Waals surface area contributed by atoms with Gasteiger partial charge >= 0.3 is 11.9 Å². The fourth-order valence-electron chi connectivity index (χ4n) is 1.84. The summed E-state index contributed by atoms with van der Waals surface area (Å²) in [4.78, 5) is 23.5. The van der Waals surface area contributed by atoms with Crippen molar-refractivity contribution in [3.8, 4) is 5.75 Å². The number of benzene rings is 1. The van der Waals surface area contributed by atoms with Gasteiger partial charge in [-0.05, 0) is 26.0 Å². The van der Waals surface area contributed by atoms with E-state index in [-0.39, 0.29) is 13.0 Å². The highest BCUT2D eigenvalue weighted by atomic mass is 16.5. The topological polar surface area (TPSA) is 87.1 Å². The molecule has 2 N–H and O–H groups in total. The molecule has 0 bridgehead atoms. The van der Waals surface area contributed by atoms with E-state index in [1.54, 1.807) is 24.3 Å². The van der Waals surface area contributed by atoms with Gasteiger partial charge in [0.2, 0.25) is 0 Å². The SMILES string of the molecule is CCOc1ccccc1N(CCC(=O)O)C(C)C(=O)O. The van der Waals surface area contributed by atoms with Gasteiger partial charge < -0.3 is 19.8 Å². The summed E-state index contributed by atoms with van der Waals surface area (Å²) in [6, 6.07) is 6.18. The van der Waals surface area contributed by atoms with Crippen LogP contribution >= 0.6 is 0 Å². The molecule has 0 amide bonds. The first-order valence-electron chi connectivity index (χ1n) is 6.40. The number of ether oxygens (including phenoxy) is 1. The molecule has 0 saturated carbocycles. The summed E-state index contributed by atoms with van der Waals surface area (Å²) in [5.41, 5.74) is 0.588. The average molecular weight is 281 g/mol. The largest absolute Gasteiger partial charge is 0.492 e. The zero-order valence-corrected chi connectivity index (χ0v) is 11.6. The van der Waals surface area contributed by atoms with Crippen LogP contribution < -0.4 is 9.64 Å². The lowest BCUT2D eigenvalue weighted by atomic mass is 10.2. The monoisotopic (exact) mass is 281 g/mol. The molecule has 0 radical (unpaired) electrons. The molecular weight excluding hydrogens is 262 g/mol. The van der Waals surface area contributed by atoms with Gasteiger partial charge in [-0.3, -0.25) is 4.79 Å². The summed E-state index contributed by atoms with van der Waals surface area (Å²) in [7, 11) is 0. The molecule has 110 valence electrons. The van der Waals surface area contributed by atoms with Gasteiger partial charge in [0, 0.05) is 6.54 Å². The molecule has 0 saturated heterocycles. The molecule has 0 aliphatic heterocycles. The van der Waals surface area contributed by atoms with Crippen molar-refractivity contribution < 1.29 is 24.5 Å². The van der Waals surface area contributed by atoms with Gasteiger partial charge in [-0.1, -0.05) is 12.1 Å². The summed E-state index contributed by atoms with van der Waals surface area (Å²) in [6.07, 6.45) is -0.141. The summed E-state index contributed by atoms with van der Waals surface area (Å²) < 4.78 is 5.47. The number of carboxylic acids is 2. The number of hydrogen-bond acceptors (Lipinski definition) is 4. The maximum atomic E-state index is 11.2. The number of carbonyl (C=O) groups is 2. The molecule has 1 aromatic carbocycles. The van der Waals surface area contributed by atoms with Crippen molar-refractivity contribution in [2.24, 2.45) is 0 Å². The number of aliphatic carboxylic acids is 2. The van der Waals surface area contributed by atoms with Gasteiger partial charge in [0.05, 0.1) is 18.7 Å². The van der Waals surface area contributed by atoms with Gasteiger partial charge in [0.1, 0.15) is 11.8 Å². The second kappa shape index (κ2) is 7.37. The molecule has 1 atom stereocenters. The van der Waals surface area contributed by atoms with E-state index in [0.29, 0.717) is 18.0 Å². The lowest BCUT2D eigenvalue weighted by molar-refractivity contribution is -0.139. The highest BCUT2D eigenvalue weighted by Crippen LogP contribution is 2.29. The number of hydrogen-bond donors (Lipinski definition) is 2. The Balaban J connectivity index is 3.08. The smallest absolute Gasteiger partial charge is 0.326 e. The summed E-state index contributed by atoms with van der Waals surface area (Å²) in [5.74, 6) is -1.43. The van der Waals surface area contributed by atoms with Crippen LogP contribution in [-0.2, 0) is 9.59 Å².